The predicted octanol–water partition coefficient (Wildman–Crippen LogP) is 3.20. The smallest absolute Gasteiger partial charge is 0.317 e. The minimum absolute atomic E-state index is 0.0754. The molecule has 2 saturated heterocycles. The van der Waals surface area contributed by atoms with E-state index in [0.29, 0.717) is 12.0 Å². The molecule has 144 valence electrons. The normalized spacial score (nSPS) is 21.0. The Hall–Kier alpha value is -1.59. The second-order valence-corrected chi connectivity index (χ2v) is 8.18. The summed E-state index contributed by atoms with van der Waals surface area (Å²) in [6.07, 6.45) is 4.52. The summed E-state index contributed by atoms with van der Waals surface area (Å²) in [5, 5.41) is 3.16. The predicted molar refractivity (Wildman–Crippen MR) is 104 cm³/mol. The zero-order valence-electron chi connectivity index (χ0n) is 16.5. The van der Waals surface area contributed by atoms with Crippen molar-refractivity contribution in [1.82, 2.24) is 15.1 Å². The average Bonchev–Trinajstić information content (AvgIpc) is 2.63. The van der Waals surface area contributed by atoms with E-state index in [4.69, 9.17) is 4.74 Å². The molecule has 5 heteroatoms. The Morgan fingerprint density at radius 3 is 2.54 bits per heavy atom. The van der Waals surface area contributed by atoms with Gasteiger partial charge in [0, 0.05) is 32.8 Å². The number of ether oxygens (including phenoxy) is 1. The van der Waals surface area contributed by atoms with E-state index >= 15 is 0 Å². The summed E-state index contributed by atoms with van der Waals surface area (Å²) in [4.78, 5) is 16.8. The highest BCUT2D eigenvalue weighted by molar-refractivity contribution is 5.74. The summed E-state index contributed by atoms with van der Waals surface area (Å²) in [5.74, 6) is 0. The lowest BCUT2D eigenvalue weighted by Crippen LogP contribution is -2.49. The van der Waals surface area contributed by atoms with Crippen molar-refractivity contribution in [2.75, 3.05) is 46.9 Å². The number of carbonyl (C=O) groups is 1. The van der Waals surface area contributed by atoms with Crippen molar-refractivity contribution in [2.45, 2.75) is 38.6 Å². The van der Waals surface area contributed by atoms with Crippen molar-refractivity contribution < 1.29 is 9.53 Å². The maximum absolute atomic E-state index is 12.7. The molecule has 5 nitrogen and oxygen atoms in total. The number of amides is 2. The van der Waals surface area contributed by atoms with Gasteiger partial charge in [-0.05, 0) is 57.7 Å². The molecule has 3 rings (SSSR count). The third-order valence-electron chi connectivity index (χ3n) is 6.16. The van der Waals surface area contributed by atoms with E-state index < -0.39 is 0 Å². The molecule has 0 saturated carbocycles. The molecule has 0 bridgehead atoms. The van der Waals surface area contributed by atoms with E-state index in [-0.39, 0.29) is 12.1 Å². The number of rotatable bonds is 4. The fraction of sp³-hybridized carbons (Fsp3) is 0.667. The van der Waals surface area contributed by atoms with Crippen LogP contribution >= 0.6 is 0 Å². The number of hydrogen-bond acceptors (Lipinski definition) is 3. The fourth-order valence-electron chi connectivity index (χ4n) is 4.26. The standard InChI is InChI=1S/C21H33N3O2/c1-17-5-4-6-18(15-17)19(23(2)3)16-22-20(25)24-11-7-21(8-12-24)9-13-26-14-10-21/h4-6,15,19H,7-14,16H2,1-3H3,(H,22,25)/t19-/m0/s1. The van der Waals surface area contributed by atoms with E-state index in [1.54, 1.807) is 0 Å². The Balaban J connectivity index is 1.53. The minimum atomic E-state index is 0.0754. The first-order valence-electron chi connectivity index (χ1n) is 9.83. The summed E-state index contributed by atoms with van der Waals surface area (Å²) < 4.78 is 5.51. The first-order chi connectivity index (χ1) is 12.5. The first-order valence-corrected chi connectivity index (χ1v) is 9.83. The van der Waals surface area contributed by atoms with Crippen LogP contribution in [0.5, 0.6) is 0 Å². The van der Waals surface area contributed by atoms with Crippen LogP contribution in [0.1, 0.15) is 42.9 Å². The molecule has 26 heavy (non-hydrogen) atoms. The van der Waals surface area contributed by atoms with Gasteiger partial charge in [0.1, 0.15) is 0 Å². The molecule has 0 aliphatic carbocycles. The highest BCUT2D eigenvalue weighted by Gasteiger charge is 2.37. The number of carbonyl (C=O) groups excluding carboxylic acids is 1. The number of likely N-dealkylation sites (tertiary alicyclic amines) is 1. The molecular weight excluding hydrogens is 326 g/mol. The summed E-state index contributed by atoms with van der Waals surface area (Å²) in [6, 6.07) is 8.79. The van der Waals surface area contributed by atoms with Gasteiger partial charge in [0.2, 0.25) is 0 Å². The Labute approximate surface area is 157 Å². The molecule has 2 heterocycles. The van der Waals surface area contributed by atoms with Crippen LogP contribution in [-0.4, -0.2) is 62.8 Å². The van der Waals surface area contributed by atoms with Gasteiger partial charge >= 0.3 is 6.03 Å². The molecule has 1 atom stereocenters. The quantitative estimate of drug-likeness (QED) is 0.898. The van der Waals surface area contributed by atoms with E-state index in [9.17, 15) is 4.79 Å². The van der Waals surface area contributed by atoms with Crippen LogP contribution in [0, 0.1) is 12.3 Å². The fourth-order valence-corrected chi connectivity index (χ4v) is 4.26. The lowest BCUT2D eigenvalue weighted by atomic mass is 9.72. The van der Waals surface area contributed by atoms with Crippen molar-refractivity contribution >= 4 is 6.03 Å². The SMILES string of the molecule is Cc1cccc([C@H](CNC(=O)N2CCC3(CCOCC3)CC2)N(C)C)c1. The Morgan fingerprint density at radius 1 is 1.23 bits per heavy atom. The van der Waals surface area contributed by atoms with Gasteiger partial charge in [-0.15, -0.1) is 0 Å². The third kappa shape index (κ3) is 4.57. The highest BCUT2D eigenvalue weighted by atomic mass is 16.5. The zero-order valence-corrected chi connectivity index (χ0v) is 16.5. The molecule has 1 N–H and O–H groups in total. The van der Waals surface area contributed by atoms with E-state index in [1.165, 1.54) is 11.1 Å². The van der Waals surface area contributed by atoms with Gasteiger partial charge in [-0.2, -0.15) is 0 Å². The van der Waals surface area contributed by atoms with Crippen molar-refractivity contribution in [3.63, 3.8) is 0 Å². The van der Waals surface area contributed by atoms with Gasteiger partial charge in [0.15, 0.2) is 0 Å². The second-order valence-electron chi connectivity index (χ2n) is 8.18. The van der Waals surface area contributed by atoms with Gasteiger partial charge in [0.25, 0.3) is 0 Å². The van der Waals surface area contributed by atoms with Gasteiger partial charge in [0.05, 0.1) is 6.04 Å². The van der Waals surface area contributed by atoms with Crippen molar-refractivity contribution in [3.05, 3.63) is 35.4 Å². The van der Waals surface area contributed by atoms with Crippen molar-refractivity contribution in [3.8, 4) is 0 Å². The van der Waals surface area contributed by atoms with Crippen molar-refractivity contribution in [1.29, 1.82) is 0 Å². The maximum atomic E-state index is 12.7. The first kappa shape index (κ1) is 19.2. The second kappa shape index (κ2) is 8.40. The molecule has 2 aliphatic heterocycles. The van der Waals surface area contributed by atoms with Gasteiger partial charge in [-0.1, -0.05) is 29.8 Å². The molecule has 2 fully saturated rings. The van der Waals surface area contributed by atoms with Crippen LogP contribution in [0.3, 0.4) is 0 Å². The molecule has 1 aromatic rings. The van der Waals surface area contributed by atoms with E-state index in [0.717, 1.165) is 52.0 Å². The molecule has 0 aromatic heterocycles. The number of urea groups is 1. The van der Waals surface area contributed by atoms with Gasteiger partial charge < -0.3 is 19.9 Å². The molecule has 1 aromatic carbocycles. The number of hydrogen-bond donors (Lipinski definition) is 1. The van der Waals surface area contributed by atoms with Crippen LogP contribution in [0.25, 0.3) is 0 Å². The highest BCUT2D eigenvalue weighted by Crippen LogP contribution is 2.40. The maximum Gasteiger partial charge on any atom is 0.317 e. The molecule has 0 unspecified atom stereocenters. The number of aryl methyl sites for hydroxylation is 1. The van der Waals surface area contributed by atoms with E-state index in [1.807, 2.05) is 4.90 Å². The minimum Gasteiger partial charge on any atom is -0.381 e. The van der Waals surface area contributed by atoms with Crippen LogP contribution in [0.4, 0.5) is 4.79 Å². The van der Waals surface area contributed by atoms with Crippen LogP contribution < -0.4 is 5.32 Å². The number of likely N-dealkylation sites (N-methyl/N-ethyl adjacent to an activating group) is 1. The van der Waals surface area contributed by atoms with Gasteiger partial charge in [-0.3, -0.25) is 0 Å². The molecular formula is C21H33N3O2. The van der Waals surface area contributed by atoms with Gasteiger partial charge in [-0.25, -0.2) is 4.79 Å². The van der Waals surface area contributed by atoms with Crippen LogP contribution in [0.15, 0.2) is 24.3 Å². The van der Waals surface area contributed by atoms with Crippen LogP contribution in [0.2, 0.25) is 0 Å². The Kier molecular flexibility index (Phi) is 6.20. The van der Waals surface area contributed by atoms with Crippen LogP contribution in [-0.2, 0) is 4.74 Å². The summed E-state index contributed by atoms with van der Waals surface area (Å²) >= 11 is 0. The largest absolute Gasteiger partial charge is 0.381 e. The number of benzene rings is 1. The lowest BCUT2D eigenvalue weighted by molar-refractivity contribution is -0.0145. The zero-order chi connectivity index (χ0) is 18.6. The lowest BCUT2D eigenvalue weighted by Gasteiger charge is -2.44. The van der Waals surface area contributed by atoms with Crippen molar-refractivity contribution in [2.24, 2.45) is 5.41 Å². The Morgan fingerprint density at radius 2 is 1.92 bits per heavy atom. The number of nitrogens with one attached hydrogen (secondary N) is 1. The third-order valence-corrected chi connectivity index (χ3v) is 6.16. The Bertz CT molecular complexity index is 601. The molecule has 0 radical (unpaired) electrons. The summed E-state index contributed by atoms with van der Waals surface area (Å²) in [5.41, 5.74) is 2.91. The topological polar surface area (TPSA) is 44.8 Å². The monoisotopic (exact) mass is 359 g/mol. The average molecular weight is 360 g/mol. The summed E-state index contributed by atoms with van der Waals surface area (Å²) in [7, 11) is 4.13. The molecule has 2 amide bonds. The molecule has 2 aliphatic rings. The number of nitrogens with zero attached hydrogens (tertiary/aromatic N) is 2. The molecule has 1 spiro atoms. The number of piperidine rings is 1. The van der Waals surface area contributed by atoms with E-state index in [2.05, 4.69) is 55.5 Å². The summed E-state index contributed by atoms with van der Waals surface area (Å²) in [6.45, 7) is 6.23.